The predicted molar refractivity (Wildman–Crippen MR) is 79.3 cm³/mol. The Morgan fingerprint density at radius 3 is 2.53 bits per heavy atom. The van der Waals surface area contributed by atoms with Crippen LogP contribution in [0.1, 0.15) is 34.0 Å². The van der Waals surface area contributed by atoms with E-state index < -0.39 is 0 Å². The van der Waals surface area contributed by atoms with Crippen LogP contribution in [-0.2, 0) is 12.8 Å². The number of carbonyl (C=O) groups excluding carboxylic acids is 1. The predicted octanol–water partition coefficient (Wildman–Crippen LogP) is 4.13. The van der Waals surface area contributed by atoms with E-state index in [1.54, 1.807) is 11.3 Å². The summed E-state index contributed by atoms with van der Waals surface area (Å²) in [6.07, 6.45) is 1.48. The van der Waals surface area contributed by atoms with Crippen LogP contribution < -0.4 is 4.74 Å². The molecule has 3 heteroatoms. The first-order valence-corrected chi connectivity index (χ1v) is 7.38. The number of hydrogen-bond acceptors (Lipinski definition) is 3. The van der Waals surface area contributed by atoms with Crippen LogP contribution in [0.25, 0.3) is 0 Å². The van der Waals surface area contributed by atoms with E-state index in [1.165, 1.54) is 4.88 Å². The van der Waals surface area contributed by atoms with E-state index in [2.05, 4.69) is 13.0 Å². The highest BCUT2D eigenvalue weighted by atomic mass is 32.1. The van der Waals surface area contributed by atoms with Crippen LogP contribution in [0, 0.1) is 0 Å². The Labute approximate surface area is 118 Å². The number of carbonyl (C=O) groups is 1. The lowest BCUT2D eigenvalue weighted by Gasteiger charge is -2.08. The fourth-order valence-electron chi connectivity index (χ4n) is 1.94. The zero-order valence-electron chi connectivity index (χ0n) is 11.3. The monoisotopic (exact) mass is 274 g/mol. The Hall–Kier alpha value is -1.61. The number of hydrogen-bond donors (Lipinski definition) is 0. The van der Waals surface area contributed by atoms with Crippen molar-refractivity contribution in [2.24, 2.45) is 0 Å². The van der Waals surface area contributed by atoms with E-state index in [4.69, 9.17) is 4.74 Å². The number of ether oxygens (including phenoxy) is 1. The molecule has 0 amide bonds. The molecule has 100 valence electrons. The average molecular weight is 274 g/mol. The van der Waals surface area contributed by atoms with Crippen molar-refractivity contribution in [3.8, 4) is 5.75 Å². The van der Waals surface area contributed by atoms with Gasteiger partial charge in [-0.25, -0.2) is 0 Å². The molecule has 19 heavy (non-hydrogen) atoms. The maximum atomic E-state index is 12.3. The molecule has 2 rings (SSSR count). The van der Waals surface area contributed by atoms with Crippen molar-refractivity contribution < 1.29 is 9.53 Å². The van der Waals surface area contributed by atoms with Gasteiger partial charge in [0.1, 0.15) is 5.75 Å². The number of para-hydroxylation sites is 1. The standard InChI is InChI=1S/C16H18O2S/c1-3-12-9-10-13(19-12)11-15(17)14-7-5-6-8-16(14)18-4-2/h5-10H,3-4,11H2,1-2H3. The number of aryl methyl sites for hydroxylation is 1. The van der Waals surface area contributed by atoms with Gasteiger partial charge >= 0.3 is 0 Å². The minimum Gasteiger partial charge on any atom is -0.493 e. The van der Waals surface area contributed by atoms with Gasteiger partial charge in [0.2, 0.25) is 0 Å². The number of ketones is 1. The molecule has 1 aromatic carbocycles. The Balaban J connectivity index is 2.15. The molecular weight excluding hydrogens is 256 g/mol. The molecule has 0 fully saturated rings. The van der Waals surface area contributed by atoms with E-state index in [9.17, 15) is 4.79 Å². The smallest absolute Gasteiger partial charge is 0.171 e. The molecule has 0 N–H and O–H groups in total. The summed E-state index contributed by atoms with van der Waals surface area (Å²) in [5, 5.41) is 0. The SMILES string of the molecule is CCOc1ccccc1C(=O)Cc1ccc(CC)s1. The molecule has 1 aromatic heterocycles. The van der Waals surface area contributed by atoms with Crippen LogP contribution in [0.3, 0.4) is 0 Å². The quantitative estimate of drug-likeness (QED) is 0.740. The van der Waals surface area contributed by atoms with E-state index in [-0.39, 0.29) is 5.78 Å². The first-order valence-electron chi connectivity index (χ1n) is 6.57. The van der Waals surface area contributed by atoms with Crippen LogP contribution in [0.4, 0.5) is 0 Å². The molecule has 0 atom stereocenters. The van der Waals surface area contributed by atoms with Crippen molar-refractivity contribution in [1.29, 1.82) is 0 Å². The molecule has 0 unspecified atom stereocenters. The summed E-state index contributed by atoms with van der Waals surface area (Å²) < 4.78 is 5.50. The van der Waals surface area contributed by atoms with E-state index in [0.29, 0.717) is 24.3 Å². The molecule has 0 radical (unpaired) electrons. The third kappa shape index (κ3) is 3.44. The zero-order valence-corrected chi connectivity index (χ0v) is 12.1. The Kier molecular flexibility index (Phi) is 4.74. The highest BCUT2D eigenvalue weighted by molar-refractivity contribution is 7.12. The van der Waals surface area contributed by atoms with Gasteiger partial charge in [0.05, 0.1) is 12.2 Å². The molecule has 0 saturated heterocycles. The highest BCUT2D eigenvalue weighted by Gasteiger charge is 2.13. The van der Waals surface area contributed by atoms with Crippen molar-refractivity contribution in [2.75, 3.05) is 6.61 Å². The second kappa shape index (κ2) is 6.53. The first-order chi connectivity index (χ1) is 9.24. The van der Waals surface area contributed by atoms with E-state index in [1.807, 2.05) is 37.3 Å². The molecule has 2 nitrogen and oxygen atoms in total. The van der Waals surface area contributed by atoms with Crippen molar-refractivity contribution in [3.05, 3.63) is 51.7 Å². The second-order valence-corrected chi connectivity index (χ2v) is 5.50. The maximum Gasteiger partial charge on any atom is 0.171 e. The Morgan fingerprint density at radius 1 is 1.11 bits per heavy atom. The summed E-state index contributed by atoms with van der Waals surface area (Å²) >= 11 is 1.71. The molecule has 0 saturated carbocycles. The summed E-state index contributed by atoms with van der Waals surface area (Å²) in [7, 11) is 0. The molecular formula is C16H18O2S. The fourth-order valence-corrected chi connectivity index (χ4v) is 2.90. The van der Waals surface area contributed by atoms with Crippen molar-refractivity contribution in [3.63, 3.8) is 0 Å². The van der Waals surface area contributed by atoms with Crippen LogP contribution in [0.5, 0.6) is 5.75 Å². The number of rotatable bonds is 6. The van der Waals surface area contributed by atoms with Crippen LogP contribution in [-0.4, -0.2) is 12.4 Å². The average Bonchev–Trinajstić information content (AvgIpc) is 2.87. The lowest BCUT2D eigenvalue weighted by molar-refractivity contribution is 0.0990. The largest absolute Gasteiger partial charge is 0.493 e. The topological polar surface area (TPSA) is 26.3 Å². The molecule has 0 spiro atoms. The third-order valence-corrected chi connectivity index (χ3v) is 4.12. The normalized spacial score (nSPS) is 10.4. The maximum absolute atomic E-state index is 12.3. The fraction of sp³-hybridized carbons (Fsp3) is 0.312. The second-order valence-electron chi connectivity index (χ2n) is 4.25. The van der Waals surface area contributed by atoms with Gasteiger partial charge < -0.3 is 4.74 Å². The molecule has 0 aliphatic carbocycles. The van der Waals surface area contributed by atoms with Crippen molar-refractivity contribution in [2.45, 2.75) is 26.7 Å². The molecule has 0 aliphatic heterocycles. The van der Waals surface area contributed by atoms with Gasteiger partial charge in [-0.05, 0) is 37.6 Å². The van der Waals surface area contributed by atoms with Gasteiger partial charge in [0, 0.05) is 16.2 Å². The van der Waals surface area contributed by atoms with Gasteiger partial charge in [-0.1, -0.05) is 19.1 Å². The summed E-state index contributed by atoms with van der Waals surface area (Å²) in [5.41, 5.74) is 0.677. The van der Waals surface area contributed by atoms with E-state index in [0.717, 1.165) is 11.3 Å². The van der Waals surface area contributed by atoms with Gasteiger partial charge in [0.25, 0.3) is 0 Å². The highest BCUT2D eigenvalue weighted by Crippen LogP contribution is 2.23. The summed E-state index contributed by atoms with van der Waals surface area (Å²) in [5.74, 6) is 0.802. The summed E-state index contributed by atoms with van der Waals surface area (Å²) in [6.45, 7) is 4.62. The molecule has 0 bridgehead atoms. The minimum absolute atomic E-state index is 0.119. The lowest BCUT2D eigenvalue weighted by atomic mass is 10.1. The van der Waals surface area contributed by atoms with Crippen molar-refractivity contribution >= 4 is 17.1 Å². The first kappa shape index (κ1) is 13.8. The van der Waals surface area contributed by atoms with Crippen LogP contribution in [0.2, 0.25) is 0 Å². The van der Waals surface area contributed by atoms with E-state index >= 15 is 0 Å². The Bertz CT molecular complexity index is 557. The Morgan fingerprint density at radius 2 is 1.84 bits per heavy atom. The van der Waals surface area contributed by atoms with Gasteiger partial charge in [-0.15, -0.1) is 11.3 Å². The molecule has 1 heterocycles. The lowest BCUT2D eigenvalue weighted by Crippen LogP contribution is -2.06. The summed E-state index contributed by atoms with van der Waals surface area (Å²) in [4.78, 5) is 14.8. The third-order valence-electron chi connectivity index (χ3n) is 2.89. The van der Waals surface area contributed by atoms with Gasteiger partial charge in [-0.3, -0.25) is 4.79 Å². The summed E-state index contributed by atoms with van der Waals surface area (Å²) in [6, 6.07) is 11.6. The van der Waals surface area contributed by atoms with Crippen molar-refractivity contribution in [1.82, 2.24) is 0 Å². The number of Topliss-reactive ketones (excluding diaryl/α,β-unsaturated/α-hetero) is 1. The van der Waals surface area contributed by atoms with Crippen LogP contribution >= 0.6 is 11.3 Å². The molecule has 0 aliphatic rings. The van der Waals surface area contributed by atoms with Gasteiger partial charge in [0.15, 0.2) is 5.78 Å². The minimum atomic E-state index is 0.119. The molecule has 2 aromatic rings. The van der Waals surface area contributed by atoms with Gasteiger partial charge in [-0.2, -0.15) is 0 Å². The van der Waals surface area contributed by atoms with Crippen LogP contribution in [0.15, 0.2) is 36.4 Å². The number of thiophene rings is 1. The number of benzene rings is 1. The zero-order chi connectivity index (χ0) is 13.7.